The predicted molar refractivity (Wildman–Crippen MR) is 59.4 cm³/mol. The lowest BCUT2D eigenvalue weighted by atomic mass is 9.79. The molecule has 2 rings (SSSR count). The second kappa shape index (κ2) is 4.84. The summed E-state index contributed by atoms with van der Waals surface area (Å²) in [6.45, 7) is 0.466. The van der Waals surface area contributed by atoms with Gasteiger partial charge in [0, 0.05) is 5.46 Å². The highest BCUT2D eigenvalue weighted by molar-refractivity contribution is 6.62. The number of aliphatic hydroxyl groups is 1. The first-order valence-corrected chi connectivity index (χ1v) is 5.13. The maximum atomic E-state index is 9.60. The van der Waals surface area contributed by atoms with Crippen molar-refractivity contribution in [2.45, 2.75) is 12.6 Å². The molecule has 0 bridgehead atoms. The maximum Gasteiger partial charge on any atom is 0.495 e. The molecule has 0 radical (unpaired) electrons. The molecule has 0 amide bonds. The number of nitrogens with two attached hydrogens (primary N) is 1. The Hall–Kier alpha value is -1.08. The van der Waals surface area contributed by atoms with Crippen molar-refractivity contribution in [2.24, 2.45) is 5.73 Å². The zero-order valence-electron chi connectivity index (χ0n) is 8.80. The van der Waals surface area contributed by atoms with Crippen molar-refractivity contribution >= 4 is 12.6 Å². The summed E-state index contributed by atoms with van der Waals surface area (Å²) in [6, 6.07) is 5.04. The van der Waals surface area contributed by atoms with Gasteiger partial charge in [-0.25, -0.2) is 0 Å². The summed E-state index contributed by atoms with van der Waals surface area (Å²) in [5.41, 5.74) is 7.11. The molecule has 0 fully saturated rings. The Morgan fingerprint density at radius 3 is 3.12 bits per heavy atom. The molecule has 1 aliphatic heterocycles. The molecule has 0 spiro atoms. The average molecular weight is 223 g/mol. The van der Waals surface area contributed by atoms with Crippen LogP contribution in [0.5, 0.6) is 5.75 Å². The third kappa shape index (κ3) is 2.20. The molecular formula is C10H14BNO4. The fourth-order valence-corrected chi connectivity index (χ4v) is 1.62. The average Bonchev–Trinajstić information content (AvgIpc) is 2.69. The molecule has 1 aromatic rings. The fraction of sp³-hybridized carbons (Fsp3) is 0.400. The van der Waals surface area contributed by atoms with E-state index < -0.39 is 13.2 Å². The highest BCUT2D eigenvalue weighted by atomic mass is 16.5. The minimum Gasteiger partial charge on any atom is -0.492 e. The zero-order chi connectivity index (χ0) is 11.5. The molecule has 0 saturated carbocycles. The Kier molecular flexibility index (Phi) is 3.45. The number of aliphatic hydroxyl groups excluding tert-OH is 1. The summed E-state index contributed by atoms with van der Waals surface area (Å²) in [5.74, 6) is 0.561. The molecule has 4 N–H and O–H groups in total. The highest BCUT2D eigenvalue weighted by Gasteiger charge is 2.30. The fourth-order valence-electron chi connectivity index (χ4n) is 1.62. The Bertz CT molecular complexity index is 374. The molecule has 1 aromatic carbocycles. The van der Waals surface area contributed by atoms with Crippen molar-refractivity contribution in [1.82, 2.24) is 0 Å². The number of hydrogen-bond donors (Lipinski definition) is 3. The van der Waals surface area contributed by atoms with Crippen molar-refractivity contribution in [1.29, 1.82) is 0 Å². The molecule has 0 aliphatic carbocycles. The topological polar surface area (TPSA) is 84.9 Å². The van der Waals surface area contributed by atoms with Gasteiger partial charge in [0.1, 0.15) is 12.4 Å². The number of fused-ring (bicyclic) bond motifs is 1. The Morgan fingerprint density at radius 2 is 2.38 bits per heavy atom. The van der Waals surface area contributed by atoms with Gasteiger partial charge in [-0.05, 0) is 11.6 Å². The highest BCUT2D eigenvalue weighted by Crippen LogP contribution is 2.18. The SMILES string of the molecule is N[C@H](CO)COc1cccc2c1B(O)OC2. The predicted octanol–water partition coefficient (Wildman–Crippen LogP) is -1.40. The second-order valence-corrected chi connectivity index (χ2v) is 3.75. The largest absolute Gasteiger partial charge is 0.495 e. The molecule has 16 heavy (non-hydrogen) atoms. The Labute approximate surface area is 93.9 Å². The lowest BCUT2D eigenvalue weighted by molar-refractivity contribution is 0.207. The van der Waals surface area contributed by atoms with Crippen LogP contribution in [0.2, 0.25) is 0 Å². The molecule has 1 aliphatic rings. The van der Waals surface area contributed by atoms with Gasteiger partial charge >= 0.3 is 7.12 Å². The summed E-state index contributed by atoms with van der Waals surface area (Å²) < 4.78 is 10.5. The molecule has 0 saturated heterocycles. The van der Waals surface area contributed by atoms with Gasteiger partial charge in [0.15, 0.2) is 0 Å². The van der Waals surface area contributed by atoms with E-state index in [0.717, 1.165) is 5.56 Å². The Balaban J connectivity index is 2.13. The van der Waals surface area contributed by atoms with Crippen molar-refractivity contribution < 1.29 is 19.5 Å². The molecule has 1 heterocycles. The van der Waals surface area contributed by atoms with E-state index in [1.165, 1.54) is 0 Å². The smallest absolute Gasteiger partial charge is 0.492 e. The number of benzene rings is 1. The lowest BCUT2D eigenvalue weighted by Gasteiger charge is -2.13. The summed E-state index contributed by atoms with van der Waals surface area (Å²) in [4.78, 5) is 0. The second-order valence-electron chi connectivity index (χ2n) is 3.75. The van der Waals surface area contributed by atoms with E-state index in [4.69, 9.17) is 20.2 Å². The first-order valence-electron chi connectivity index (χ1n) is 5.13. The van der Waals surface area contributed by atoms with Crippen LogP contribution in [0, 0.1) is 0 Å². The summed E-state index contributed by atoms with van der Waals surface area (Å²) in [5, 5.41) is 18.4. The standard InChI is InChI=1S/C10H14BNO4/c12-8(4-13)6-15-9-3-1-2-7-5-16-11(14)10(7)9/h1-3,8,13-14H,4-6,12H2/t8-/m1/s1. The van der Waals surface area contributed by atoms with Crippen LogP contribution in [-0.2, 0) is 11.3 Å². The molecule has 1 atom stereocenters. The number of ether oxygens (including phenoxy) is 1. The van der Waals surface area contributed by atoms with E-state index in [0.29, 0.717) is 17.8 Å². The van der Waals surface area contributed by atoms with E-state index in [2.05, 4.69) is 0 Å². The number of hydrogen-bond acceptors (Lipinski definition) is 5. The molecule has 0 unspecified atom stereocenters. The molecule has 5 nitrogen and oxygen atoms in total. The van der Waals surface area contributed by atoms with E-state index in [-0.39, 0.29) is 13.2 Å². The summed E-state index contributed by atoms with van der Waals surface area (Å²) in [7, 11) is -0.934. The van der Waals surface area contributed by atoms with Gasteiger partial charge < -0.3 is 25.3 Å². The van der Waals surface area contributed by atoms with Gasteiger partial charge in [0.2, 0.25) is 0 Å². The molecule has 6 heteroatoms. The van der Waals surface area contributed by atoms with Gasteiger partial charge in [-0.3, -0.25) is 0 Å². The van der Waals surface area contributed by atoms with Crippen molar-refractivity contribution in [3.63, 3.8) is 0 Å². The van der Waals surface area contributed by atoms with E-state index in [9.17, 15) is 5.02 Å². The van der Waals surface area contributed by atoms with Crippen LogP contribution in [0.1, 0.15) is 5.56 Å². The van der Waals surface area contributed by atoms with Gasteiger partial charge in [-0.2, -0.15) is 0 Å². The summed E-state index contributed by atoms with van der Waals surface area (Å²) in [6.07, 6.45) is 0. The van der Waals surface area contributed by atoms with Crippen LogP contribution in [0.25, 0.3) is 0 Å². The Morgan fingerprint density at radius 1 is 1.56 bits per heavy atom. The third-order valence-electron chi connectivity index (χ3n) is 2.49. The monoisotopic (exact) mass is 223 g/mol. The molecule has 0 aromatic heterocycles. The van der Waals surface area contributed by atoms with Crippen LogP contribution in [0.3, 0.4) is 0 Å². The van der Waals surface area contributed by atoms with Crippen LogP contribution in [0.15, 0.2) is 18.2 Å². The third-order valence-corrected chi connectivity index (χ3v) is 2.49. The van der Waals surface area contributed by atoms with Crippen molar-refractivity contribution in [2.75, 3.05) is 13.2 Å². The maximum absolute atomic E-state index is 9.60. The normalized spacial score (nSPS) is 16.1. The molecule has 86 valence electrons. The molecular weight excluding hydrogens is 209 g/mol. The van der Waals surface area contributed by atoms with E-state index in [1.54, 1.807) is 6.07 Å². The first-order chi connectivity index (χ1) is 7.72. The van der Waals surface area contributed by atoms with E-state index >= 15 is 0 Å². The van der Waals surface area contributed by atoms with Crippen LogP contribution < -0.4 is 15.9 Å². The minimum atomic E-state index is -0.934. The van der Waals surface area contributed by atoms with Crippen LogP contribution in [0.4, 0.5) is 0 Å². The van der Waals surface area contributed by atoms with Gasteiger partial charge in [-0.15, -0.1) is 0 Å². The summed E-state index contributed by atoms with van der Waals surface area (Å²) >= 11 is 0. The first kappa shape index (κ1) is 11.4. The quantitative estimate of drug-likeness (QED) is 0.547. The van der Waals surface area contributed by atoms with Crippen molar-refractivity contribution in [3.8, 4) is 5.75 Å². The minimum absolute atomic E-state index is 0.131. The lowest BCUT2D eigenvalue weighted by Crippen LogP contribution is -2.34. The van der Waals surface area contributed by atoms with Crippen molar-refractivity contribution in [3.05, 3.63) is 23.8 Å². The van der Waals surface area contributed by atoms with Gasteiger partial charge in [0.05, 0.1) is 19.3 Å². The van der Waals surface area contributed by atoms with Gasteiger partial charge in [0.25, 0.3) is 0 Å². The van der Waals surface area contributed by atoms with Crippen LogP contribution in [-0.4, -0.2) is 36.5 Å². The number of rotatable bonds is 4. The van der Waals surface area contributed by atoms with E-state index in [1.807, 2.05) is 12.1 Å². The van der Waals surface area contributed by atoms with Gasteiger partial charge in [-0.1, -0.05) is 12.1 Å². The zero-order valence-corrected chi connectivity index (χ0v) is 8.80. The van der Waals surface area contributed by atoms with Crippen LogP contribution >= 0.6 is 0 Å².